The van der Waals surface area contributed by atoms with Crippen LogP contribution in [0.1, 0.15) is 16.7 Å². The summed E-state index contributed by atoms with van der Waals surface area (Å²) in [6.07, 6.45) is -4.36. The van der Waals surface area contributed by atoms with Crippen molar-refractivity contribution in [1.82, 2.24) is 0 Å². The van der Waals surface area contributed by atoms with E-state index in [1.165, 1.54) is 6.07 Å². The molecule has 0 aliphatic heterocycles. The van der Waals surface area contributed by atoms with Gasteiger partial charge in [-0.2, -0.15) is 13.2 Å². The Morgan fingerprint density at radius 3 is 2.10 bits per heavy atom. The van der Waals surface area contributed by atoms with Crippen molar-refractivity contribution in [1.29, 1.82) is 0 Å². The summed E-state index contributed by atoms with van der Waals surface area (Å²) in [7, 11) is -1.22. The summed E-state index contributed by atoms with van der Waals surface area (Å²) < 4.78 is 49.7. The quantitative estimate of drug-likeness (QED) is 0.828. The minimum Gasteiger partial charge on any atom is -0.259 e. The molecule has 0 bridgehead atoms. The summed E-state index contributed by atoms with van der Waals surface area (Å²) in [5.74, 6) is 0.468. The zero-order valence-corrected chi connectivity index (χ0v) is 11.4. The van der Waals surface area contributed by atoms with Crippen LogP contribution in [0.2, 0.25) is 0 Å². The summed E-state index contributed by atoms with van der Waals surface area (Å²) in [5.41, 5.74) is 0.651. The molecule has 0 aromatic heterocycles. The molecule has 20 heavy (non-hydrogen) atoms. The molecule has 2 aromatic carbocycles. The van der Waals surface area contributed by atoms with E-state index in [0.29, 0.717) is 11.3 Å². The second-order valence-corrected chi connectivity index (χ2v) is 5.87. The van der Waals surface area contributed by atoms with Gasteiger partial charge < -0.3 is 0 Å². The Labute approximate surface area is 117 Å². The molecule has 2 rings (SSSR count). The highest BCUT2D eigenvalue weighted by atomic mass is 32.2. The second kappa shape index (κ2) is 6.22. The molecular weight excluding hydrogens is 285 g/mol. The first-order valence-corrected chi connectivity index (χ1v) is 7.49. The van der Waals surface area contributed by atoms with Crippen molar-refractivity contribution < 1.29 is 17.4 Å². The van der Waals surface area contributed by atoms with Gasteiger partial charge in [-0.3, -0.25) is 4.21 Å². The van der Waals surface area contributed by atoms with Crippen LogP contribution in [0.3, 0.4) is 0 Å². The van der Waals surface area contributed by atoms with Gasteiger partial charge in [0.15, 0.2) is 0 Å². The molecule has 0 heterocycles. The minimum absolute atomic E-state index is 0.124. The highest BCUT2D eigenvalue weighted by Gasteiger charge is 2.30. The topological polar surface area (TPSA) is 17.1 Å². The second-order valence-electron chi connectivity index (χ2n) is 4.41. The smallest absolute Gasteiger partial charge is 0.259 e. The molecule has 0 unspecified atom stereocenters. The summed E-state index contributed by atoms with van der Waals surface area (Å²) in [6, 6.07) is 14.2. The van der Waals surface area contributed by atoms with E-state index >= 15 is 0 Å². The summed E-state index contributed by atoms with van der Waals surface area (Å²) in [5, 5.41) is 0. The van der Waals surface area contributed by atoms with Crippen molar-refractivity contribution >= 4 is 10.8 Å². The lowest BCUT2D eigenvalue weighted by molar-refractivity contribution is -0.137. The van der Waals surface area contributed by atoms with Gasteiger partial charge in [-0.05, 0) is 17.2 Å². The molecule has 1 atom stereocenters. The van der Waals surface area contributed by atoms with E-state index in [9.17, 15) is 17.4 Å². The maximum absolute atomic E-state index is 12.6. The van der Waals surface area contributed by atoms with E-state index in [4.69, 9.17) is 0 Å². The van der Waals surface area contributed by atoms with E-state index in [0.717, 1.165) is 17.7 Å². The van der Waals surface area contributed by atoms with Crippen LogP contribution in [0.4, 0.5) is 13.2 Å². The molecule has 5 heteroatoms. The molecule has 0 amide bonds. The number of halogens is 3. The molecule has 0 radical (unpaired) electrons. The predicted octanol–water partition coefficient (Wildman–Crippen LogP) is 4.15. The Morgan fingerprint density at radius 1 is 0.850 bits per heavy atom. The number of rotatable bonds is 4. The summed E-state index contributed by atoms with van der Waals surface area (Å²) in [6.45, 7) is 0. The maximum atomic E-state index is 12.6. The highest BCUT2D eigenvalue weighted by molar-refractivity contribution is 7.83. The van der Waals surface area contributed by atoms with Crippen molar-refractivity contribution in [3.8, 4) is 0 Å². The van der Waals surface area contributed by atoms with Gasteiger partial charge in [0.1, 0.15) is 0 Å². The molecule has 0 spiro atoms. The van der Waals surface area contributed by atoms with Crippen molar-refractivity contribution in [2.75, 3.05) is 0 Å². The fraction of sp³-hybridized carbons (Fsp3) is 0.200. The Morgan fingerprint density at radius 2 is 1.45 bits per heavy atom. The van der Waals surface area contributed by atoms with Gasteiger partial charge in [0.05, 0.1) is 5.56 Å². The van der Waals surface area contributed by atoms with Gasteiger partial charge in [-0.25, -0.2) is 0 Å². The zero-order valence-electron chi connectivity index (χ0n) is 10.6. The molecule has 0 saturated heterocycles. The molecule has 106 valence electrons. The van der Waals surface area contributed by atoms with Crippen molar-refractivity contribution in [3.63, 3.8) is 0 Å². The Bertz CT molecular complexity index is 594. The molecule has 0 N–H and O–H groups in total. The Kier molecular flexibility index (Phi) is 4.60. The van der Waals surface area contributed by atoms with E-state index in [-0.39, 0.29) is 5.75 Å². The number of hydrogen-bond donors (Lipinski definition) is 0. The highest BCUT2D eigenvalue weighted by Crippen LogP contribution is 2.29. The number of benzene rings is 2. The maximum Gasteiger partial charge on any atom is 0.416 e. The first-order valence-electron chi connectivity index (χ1n) is 6.00. The van der Waals surface area contributed by atoms with E-state index in [1.807, 2.05) is 30.3 Å². The van der Waals surface area contributed by atoms with E-state index in [1.54, 1.807) is 6.07 Å². The van der Waals surface area contributed by atoms with Gasteiger partial charge in [0.2, 0.25) is 0 Å². The summed E-state index contributed by atoms with van der Waals surface area (Å²) >= 11 is 0. The number of hydrogen-bond acceptors (Lipinski definition) is 1. The Hall–Kier alpha value is -1.62. The lowest BCUT2D eigenvalue weighted by Crippen LogP contribution is -2.06. The van der Waals surface area contributed by atoms with Gasteiger partial charge in [-0.15, -0.1) is 0 Å². The average molecular weight is 298 g/mol. The van der Waals surface area contributed by atoms with Gasteiger partial charge in [-0.1, -0.05) is 48.5 Å². The third-order valence-electron chi connectivity index (χ3n) is 2.75. The lowest BCUT2D eigenvalue weighted by Gasteiger charge is -2.08. The molecular formula is C15H13F3OS. The first kappa shape index (κ1) is 14.8. The van der Waals surface area contributed by atoms with Crippen LogP contribution in [0, 0.1) is 0 Å². The van der Waals surface area contributed by atoms with Crippen molar-refractivity contribution in [2.24, 2.45) is 0 Å². The van der Waals surface area contributed by atoms with E-state index in [2.05, 4.69) is 0 Å². The van der Waals surface area contributed by atoms with E-state index < -0.39 is 22.5 Å². The van der Waals surface area contributed by atoms with Crippen LogP contribution in [-0.4, -0.2) is 4.21 Å². The normalized spacial score (nSPS) is 13.2. The molecule has 0 fully saturated rings. The lowest BCUT2D eigenvalue weighted by atomic mass is 10.1. The Balaban J connectivity index is 2.05. The van der Waals surface area contributed by atoms with Gasteiger partial charge >= 0.3 is 6.18 Å². The molecule has 0 aliphatic rings. The SMILES string of the molecule is O=[S@](Cc1ccccc1)Cc1cccc(C(F)(F)F)c1. The molecule has 2 aromatic rings. The average Bonchev–Trinajstić information content (AvgIpc) is 2.39. The predicted molar refractivity (Wildman–Crippen MR) is 73.4 cm³/mol. The minimum atomic E-state index is -4.36. The largest absolute Gasteiger partial charge is 0.416 e. The fourth-order valence-electron chi connectivity index (χ4n) is 1.83. The summed E-state index contributed by atoms with van der Waals surface area (Å²) in [4.78, 5) is 0. The third-order valence-corrected chi connectivity index (χ3v) is 4.06. The van der Waals surface area contributed by atoms with Crippen LogP contribution >= 0.6 is 0 Å². The third kappa shape index (κ3) is 4.20. The molecule has 1 nitrogen and oxygen atoms in total. The molecule has 0 aliphatic carbocycles. The first-order chi connectivity index (χ1) is 9.45. The van der Waals surface area contributed by atoms with Crippen molar-refractivity contribution in [3.05, 3.63) is 71.3 Å². The van der Waals surface area contributed by atoms with Crippen LogP contribution in [0.15, 0.2) is 54.6 Å². The van der Waals surface area contributed by atoms with Crippen LogP contribution < -0.4 is 0 Å². The van der Waals surface area contributed by atoms with Crippen LogP contribution in [0.25, 0.3) is 0 Å². The van der Waals surface area contributed by atoms with Crippen LogP contribution in [-0.2, 0) is 28.5 Å². The molecule has 0 saturated carbocycles. The monoisotopic (exact) mass is 298 g/mol. The van der Waals surface area contributed by atoms with Gasteiger partial charge in [0, 0.05) is 22.3 Å². The number of alkyl halides is 3. The zero-order chi connectivity index (χ0) is 14.6. The standard InChI is InChI=1S/C15H13F3OS/c16-15(17,18)14-8-4-7-13(9-14)11-20(19)10-12-5-2-1-3-6-12/h1-9H,10-11H2/t20-/m1/s1. The van der Waals surface area contributed by atoms with Crippen LogP contribution in [0.5, 0.6) is 0 Å². The van der Waals surface area contributed by atoms with Gasteiger partial charge in [0.25, 0.3) is 0 Å². The fourth-order valence-corrected chi connectivity index (χ4v) is 3.05. The van der Waals surface area contributed by atoms with Crippen molar-refractivity contribution in [2.45, 2.75) is 17.7 Å².